The standard InChI is InChI=1S/C50H30N2OS/c1-3-14-31(15-4-1)34-18-7-9-20-36(34)44-30-45(41-24-13-23-40-38-21-11-12-25-47(38)54-49(40)41)52-50(51-44)33-26-27-37-43-29-42(32-16-5-2-6-17-32)35-19-8-10-22-39(35)48(43)53-46(37)28-33/h1-30H. The van der Waals surface area contributed by atoms with E-state index < -0.39 is 0 Å². The van der Waals surface area contributed by atoms with Crippen molar-refractivity contribution in [1.29, 1.82) is 0 Å². The molecule has 3 nitrogen and oxygen atoms in total. The van der Waals surface area contributed by atoms with Gasteiger partial charge in [-0.3, -0.25) is 0 Å². The van der Waals surface area contributed by atoms with Crippen LogP contribution in [0.1, 0.15) is 0 Å². The van der Waals surface area contributed by atoms with E-state index in [9.17, 15) is 0 Å². The number of furan rings is 1. The fourth-order valence-electron chi connectivity index (χ4n) is 7.97. The molecule has 0 spiro atoms. The van der Waals surface area contributed by atoms with Crippen LogP contribution in [0.5, 0.6) is 0 Å². The van der Waals surface area contributed by atoms with Crippen molar-refractivity contribution in [1.82, 2.24) is 9.97 Å². The van der Waals surface area contributed by atoms with Crippen molar-refractivity contribution in [2.24, 2.45) is 0 Å². The van der Waals surface area contributed by atoms with Crippen molar-refractivity contribution >= 4 is 64.2 Å². The molecule has 0 bridgehead atoms. The molecule has 0 N–H and O–H groups in total. The fraction of sp³-hybridized carbons (Fsp3) is 0. The number of thiophene rings is 1. The normalized spacial score (nSPS) is 11.7. The average Bonchev–Trinajstić information content (AvgIpc) is 3.82. The maximum atomic E-state index is 6.76. The van der Waals surface area contributed by atoms with Gasteiger partial charge in [-0.25, -0.2) is 9.97 Å². The smallest absolute Gasteiger partial charge is 0.160 e. The maximum absolute atomic E-state index is 6.76. The first-order valence-electron chi connectivity index (χ1n) is 18.2. The second kappa shape index (κ2) is 12.4. The van der Waals surface area contributed by atoms with Crippen LogP contribution in [0.25, 0.3) is 109 Å². The van der Waals surface area contributed by atoms with Crippen molar-refractivity contribution in [2.45, 2.75) is 0 Å². The highest BCUT2D eigenvalue weighted by atomic mass is 32.1. The van der Waals surface area contributed by atoms with Crippen LogP contribution in [0.2, 0.25) is 0 Å². The van der Waals surface area contributed by atoms with Gasteiger partial charge in [-0.1, -0.05) is 152 Å². The molecular weight excluding hydrogens is 677 g/mol. The molecule has 0 aliphatic rings. The molecule has 252 valence electrons. The molecule has 0 unspecified atom stereocenters. The molecule has 0 fully saturated rings. The third-order valence-corrected chi connectivity index (χ3v) is 11.7. The van der Waals surface area contributed by atoms with Crippen LogP contribution < -0.4 is 0 Å². The summed E-state index contributed by atoms with van der Waals surface area (Å²) in [5, 5.41) is 6.94. The summed E-state index contributed by atoms with van der Waals surface area (Å²) >= 11 is 1.82. The predicted molar refractivity (Wildman–Crippen MR) is 227 cm³/mol. The fourth-order valence-corrected chi connectivity index (χ4v) is 9.20. The average molecular weight is 707 g/mol. The van der Waals surface area contributed by atoms with Crippen LogP contribution in [-0.2, 0) is 0 Å². The van der Waals surface area contributed by atoms with E-state index in [2.05, 4.69) is 182 Å². The quantitative estimate of drug-likeness (QED) is 0.179. The molecule has 0 radical (unpaired) electrons. The monoisotopic (exact) mass is 706 g/mol. The number of hydrogen-bond acceptors (Lipinski definition) is 4. The molecule has 0 aliphatic carbocycles. The van der Waals surface area contributed by atoms with Crippen molar-refractivity contribution < 1.29 is 4.42 Å². The van der Waals surface area contributed by atoms with Gasteiger partial charge < -0.3 is 4.42 Å². The molecule has 0 aliphatic heterocycles. The molecule has 54 heavy (non-hydrogen) atoms. The highest BCUT2D eigenvalue weighted by molar-refractivity contribution is 7.26. The lowest BCUT2D eigenvalue weighted by Crippen LogP contribution is -1.97. The van der Waals surface area contributed by atoms with Gasteiger partial charge in [0.25, 0.3) is 0 Å². The Labute approximate surface area is 315 Å². The van der Waals surface area contributed by atoms with E-state index in [1.165, 1.54) is 36.7 Å². The Kier molecular flexibility index (Phi) is 7.04. The van der Waals surface area contributed by atoms with Gasteiger partial charge in [0.15, 0.2) is 5.82 Å². The first-order chi connectivity index (χ1) is 26.8. The zero-order valence-corrected chi connectivity index (χ0v) is 29.8. The van der Waals surface area contributed by atoms with Crippen LogP contribution in [-0.4, -0.2) is 9.97 Å². The van der Waals surface area contributed by atoms with E-state index in [0.29, 0.717) is 5.82 Å². The lowest BCUT2D eigenvalue weighted by atomic mass is 9.95. The number of hydrogen-bond donors (Lipinski definition) is 0. The van der Waals surface area contributed by atoms with Crippen molar-refractivity contribution in [3.8, 4) is 56.2 Å². The number of benzene rings is 8. The van der Waals surface area contributed by atoms with Crippen LogP contribution in [0.15, 0.2) is 186 Å². The van der Waals surface area contributed by atoms with Gasteiger partial charge in [-0.05, 0) is 58.0 Å². The topological polar surface area (TPSA) is 38.9 Å². The highest BCUT2D eigenvalue weighted by Crippen LogP contribution is 2.43. The molecule has 3 aromatic heterocycles. The molecule has 11 aromatic rings. The SMILES string of the molecule is c1ccc(-c2ccccc2-c2cc(-c3cccc4c3sc3ccccc34)nc(-c3ccc4c(c3)oc3c5ccccc5c(-c5ccccc5)cc43)n2)cc1. The first-order valence-corrected chi connectivity index (χ1v) is 19.0. The molecule has 0 saturated carbocycles. The van der Waals surface area contributed by atoms with E-state index in [1.54, 1.807) is 0 Å². The van der Waals surface area contributed by atoms with Crippen molar-refractivity contribution in [2.75, 3.05) is 0 Å². The molecule has 8 aromatic carbocycles. The third-order valence-electron chi connectivity index (χ3n) is 10.5. The van der Waals surface area contributed by atoms with Gasteiger partial charge in [0.2, 0.25) is 0 Å². The van der Waals surface area contributed by atoms with E-state index in [0.717, 1.165) is 66.5 Å². The van der Waals surface area contributed by atoms with E-state index in [4.69, 9.17) is 14.4 Å². The number of aromatic nitrogens is 2. The second-order valence-corrected chi connectivity index (χ2v) is 14.7. The third kappa shape index (κ3) is 4.96. The van der Waals surface area contributed by atoms with Gasteiger partial charge in [-0.15, -0.1) is 11.3 Å². The Morgan fingerprint density at radius 2 is 0.981 bits per heavy atom. The summed E-state index contributed by atoms with van der Waals surface area (Å²) in [5.41, 5.74) is 11.2. The Morgan fingerprint density at radius 1 is 0.370 bits per heavy atom. The van der Waals surface area contributed by atoms with E-state index >= 15 is 0 Å². The summed E-state index contributed by atoms with van der Waals surface area (Å²) in [5.74, 6) is 0.653. The number of nitrogens with zero attached hydrogens (tertiary/aromatic N) is 2. The molecular formula is C50H30N2OS. The molecule has 0 atom stereocenters. The zero-order chi connectivity index (χ0) is 35.6. The van der Waals surface area contributed by atoms with Gasteiger partial charge >= 0.3 is 0 Å². The Balaban J connectivity index is 1.14. The summed E-state index contributed by atoms with van der Waals surface area (Å²) in [7, 11) is 0. The summed E-state index contributed by atoms with van der Waals surface area (Å²) in [6.07, 6.45) is 0. The molecule has 0 saturated heterocycles. The van der Waals surface area contributed by atoms with Crippen molar-refractivity contribution in [3.63, 3.8) is 0 Å². The Hall–Kier alpha value is -6.88. The largest absolute Gasteiger partial charge is 0.455 e. The minimum absolute atomic E-state index is 0.653. The van der Waals surface area contributed by atoms with Crippen LogP contribution >= 0.6 is 11.3 Å². The first kappa shape index (κ1) is 30.7. The Morgan fingerprint density at radius 3 is 1.78 bits per heavy atom. The summed E-state index contributed by atoms with van der Waals surface area (Å²) in [4.78, 5) is 10.7. The lowest BCUT2D eigenvalue weighted by molar-refractivity contribution is 0.673. The van der Waals surface area contributed by atoms with Crippen molar-refractivity contribution in [3.05, 3.63) is 182 Å². The number of rotatable bonds is 5. The van der Waals surface area contributed by atoms with Crippen LogP contribution in [0.3, 0.4) is 0 Å². The second-order valence-electron chi connectivity index (χ2n) is 13.7. The lowest BCUT2D eigenvalue weighted by Gasteiger charge is -2.13. The van der Waals surface area contributed by atoms with Gasteiger partial charge in [0.1, 0.15) is 11.2 Å². The van der Waals surface area contributed by atoms with Gasteiger partial charge in [-0.2, -0.15) is 0 Å². The molecule has 11 rings (SSSR count). The predicted octanol–water partition coefficient (Wildman–Crippen LogP) is 14.2. The van der Waals surface area contributed by atoms with Crippen LogP contribution in [0, 0.1) is 0 Å². The minimum Gasteiger partial charge on any atom is -0.455 e. The Bertz CT molecular complexity index is 3220. The van der Waals surface area contributed by atoms with E-state index in [-0.39, 0.29) is 0 Å². The summed E-state index contributed by atoms with van der Waals surface area (Å²) in [6, 6.07) is 64.2. The van der Waals surface area contributed by atoms with Gasteiger partial charge in [0.05, 0.1) is 11.4 Å². The maximum Gasteiger partial charge on any atom is 0.160 e. The zero-order valence-electron chi connectivity index (χ0n) is 29.0. The summed E-state index contributed by atoms with van der Waals surface area (Å²) < 4.78 is 9.25. The molecule has 3 heterocycles. The van der Waals surface area contributed by atoms with Gasteiger partial charge in [0, 0.05) is 53.0 Å². The van der Waals surface area contributed by atoms with E-state index in [1.807, 2.05) is 11.3 Å². The number of fused-ring (bicyclic) bond motifs is 8. The van der Waals surface area contributed by atoms with Crippen LogP contribution in [0.4, 0.5) is 0 Å². The molecule has 4 heteroatoms. The summed E-state index contributed by atoms with van der Waals surface area (Å²) in [6.45, 7) is 0. The molecule has 0 amide bonds. The minimum atomic E-state index is 0.653. The highest BCUT2D eigenvalue weighted by Gasteiger charge is 2.19.